The Morgan fingerprint density at radius 1 is 1.54 bits per heavy atom. The van der Waals surface area contributed by atoms with Crippen LogP contribution in [0.4, 0.5) is 5.82 Å². The molecule has 3 heteroatoms. The van der Waals surface area contributed by atoms with Crippen LogP contribution in [0.3, 0.4) is 0 Å². The summed E-state index contributed by atoms with van der Waals surface area (Å²) in [6.45, 7) is 3.85. The number of anilines is 1. The van der Waals surface area contributed by atoms with Crippen LogP contribution in [0.25, 0.3) is 0 Å². The van der Waals surface area contributed by atoms with Crippen LogP contribution in [0, 0.1) is 0 Å². The number of nitrogens with two attached hydrogens (primary N) is 1. The first-order valence-corrected chi connectivity index (χ1v) is 4.15. The van der Waals surface area contributed by atoms with E-state index in [1.165, 1.54) is 0 Å². The molecule has 3 N–H and O–H groups in total. The Hall–Kier alpha value is -1.35. The van der Waals surface area contributed by atoms with E-state index < -0.39 is 6.10 Å². The molecule has 0 fully saturated rings. The van der Waals surface area contributed by atoms with E-state index >= 15 is 0 Å². The van der Waals surface area contributed by atoms with Crippen LogP contribution in [0.5, 0.6) is 0 Å². The molecule has 1 heterocycles. The van der Waals surface area contributed by atoms with Crippen LogP contribution >= 0.6 is 0 Å². The van der Waals surface area contributed by atoms with E-state index in [-0.39, 0.29) is 0 Å². The maximum absolute atomic E-state index is 9.62. The largest absolute Gasteiger partial charge is 0.384 e. The van der Waals surface area contributed by atoms with Gasteiger partial charge in [0.05, 0.1) is 5.69 Å². The number of pyridine rings is 1. The topological polar surface area (TPSA) is 59.1 Å². The Morgan fingerprint density at radius 3 is 2.77 bits per heavy atom. The van der Waals surface area contributed by atoms with E-state index in [4.69, 9.17) is 5.73 Å². The monoisotopic (exact) mass is 178 g/mol. The number of hydrogen-bond acceptors (Lipinski definition) is 3. The lowest BCUT2D eigenvalue weighted by atomic mass is 10.1. The summed E-state index contributed by atoms with van der Waals surface area (Å²) in [4.78, 5) is 4.01. The highest BCUT2D eigenvalue weighted by atomic mass is 16.3. The summed E-state index contributed by atoms with van der Waals surface area (Å²) in [7, 11) is 0. The van der Waals surface area contributed by atoms with Gasteiger partial charge in [0, 0.05) is 0 Å². The lowest BCUT2D eigenvalue weighted by Crippen LogP contribution is -2.00. The van der Waals surface area contributed by atoms with Crippen molar-refractivity contribution in [2.75, 3.05) is 5.73 Å². The predicted octanol–water partition coefficient (Wildman–Crippen LogP) is 1.66. The smallest absolute Gasteiger partial charge is 0.123 e. The van der Waals surface area contributed by atoms with Crippen molar-refractivity contribution >= 4 is 5.82 Å². The summed E-state index contributed by atoms with van der Waals surface area (Å²) < 4.78 is 0. The van der Waals surface area contributed by atoms with Crippen molar-refractivity contribution in [1.82, 2.24) is 4.98 Å². The van der Waals surface area contributed by atoms with Gasteiger partial charge < -0.3 is 10.8 Å². The first-order valence-electron chi connectivity index (χ1n) is 4.15. The Bertz CT molecular complexity index is 316. The van der Waals surface area contributed by atoms with E-state index in [0.29, 0.717) is 11.5 Å². The van der Waals surface area contributed by atoms with Gasteiger partial charge in [-0.3, -0.25) is 0 Å². The number of aliphatic hydroxyl groups is 1. The molecule has 1 aromatic rings. The molecule has 0 aliphatic heterocycles. The SMILES string of the molecule is CC(C)=CC(O)c1cccc(N)n1. The van der Waals surface area contributed by atoms with E-state index in [9.17, 15) is 5.11 Å². The van der Waals surface area contributed by atoms with Crippen molar-refractivity contribution < 1.29 is 5.11 Å². The lowest BCUT2D eigenvalue weighted by Gasteiger charge is -2.05. The van der Waals surface area contributed by atoms with Crippen LogP contribution < -0.4 is 5.73 Å². The Morgan fingerprint density at radius 2 is 2.23 bits per heavy atom. The fourth-order valence-electron chi connectivity index (χ4n) is 1.03. The number of allylic oxidation sites excluding steroid dienone is 1. The molecule has 3 nitrogen and oxygen atoms in total. The fourth-order valence-corrected chi connectivity index (χ4v) is 1.03. The maximum atomic E-state index is 9.62. The highest BCUT2D eigenvalue weighted by Gasteiger charge is 2.04. The molecule has 13 heavy (non-hydrogen) atoms. The first-order chi connectivity index (χ1) is 6.09. The molecule has 0 aliphatic carbocycles. The fraction of sp³-hybridized carbons (Fsp3) is 0.300. The molecule has 0 aliphatic rings. The molecular weight excluding hydrogens is 164 g/mol. The van der Waals surface area contributed by atoms with Crippen LogP contribution in [0.2, 0.25) is 0 Å². The van der Waals surface area contributed by atoms with Gasteiger partial charge in [-0.1, -0.05) is 17.7 Å². The van der Waals surface area contributed by atoms with Crippen molar-refractivity contribution in [1.29, 1.82) is 0 Å². The minimum absolute atomic E-state index is 0.429. The van der Waals surface area contributed by atoms with E-state index in [1.54, 1.807) is 24.3 Å². The highest BCUT2D eigenvalue weighted by Crippen LogP contribution is 2.14. The van der Waals surface area contributed by atoms with Gasteiger partial charge in [0.1, 0.15) is 11.9 Å². The van der Waals surface area contributed by atoms with Gasteiger partial charge in [0.25, 0.3) is 0 Å². The average molecular weight is 178 g/mol. The number of nitrogen functional groups attached to an aromatic ring is 1. The maximum Gasteiger partial charge on any atom is 0.123 e. The van der Waals surface area contributed by atoms with Crippen molar-refractivity contribution in [2.45, 2.75) is 20.0 Å². The molecule has 0 spiro atoms. The summed E-state index contributed by atoms with van der Waals surface area (Å²) in [6, 6.07) is 5.22. The molecular formula is C10H14N2O. The molecule has 1 unspecified atom stereocenters. The normalized spacial score (nSPS) is 12.2. The molecule has 1 rings (SSSR count). The summed E-state index contributed by atoms with van der Waals surface area (Å²) in [5, 5.41) is 9.62. The Balaban J connectivity index is 2.89. The molecule has 0 bridgehead atoms. The van der Waals surface area contributed by atoms with Crippen LogP contribution in [0.15, 0.2) is 29.8 Å². The van der Waals surface area contributed by atoms with Crippen molar-refractivity contribution in [3.05, 3.63) is 35.5 Å². The minimum Gasteiger partial charge on any atom is -0.384 e. The molecule has 0 saturated carbocycles. The lowest BCUT2D eigenvalue weighted by molar-refractivity contribution is 0.223. The zero-order valence-corrected chi connectivity index (χ0v) is 7.86. The number of nitrogens with zero attached hydrogens (tertiary/aromatic N) is 1. The van der Waals surface area contributed by atoms with Gasteiger partial charge in [-0.2, -0.15) is 0 Å². The predicted molar refractivity (Wildman–Crippen MR) is 53.0 cm³/mol. The molecule has 0 amide bonds. The van der Waals surface area contributed by atoms with Crippen molar-refractivity contribution in [3.8, 4) is 0 Å². The average Bonchev–Trinajstić information content (AvgIpc) is 2.03. The minimum atomic E-state index is -0.659. The molecule has 1 aromatic heterocycles. The quantitative estimate of drug-likeness (QED) is 0.677. The molecule has 70 valence electrons. The number of aliphatic hydroxyl groups excluding tert-OH is 1. The third-order valence-corrected chi connectivity index (χ3v) is 1.59. The Labute approximate surface area is 77.9 Å². The zero-order valence-electron chi connectivity index (χ0n) is 7.86. The molecule has 1 atom stereocenters. The van der Waals surface area contributed by atoms with E-state index in [0.717, 1.165) is 5.57 Å². The standard InChI is InChI=1S/C10H14N2O/c1-7(2)6-9(13)8-4-3-5-10(11)12-8/h3-6,9,13H,1-2H3,(H2,11,12). The van der Waals surface area contributed by atoms with Gasteiger partial charge in [0.15, 0.2) is 0 Å². The molecule has 0 radical (unpaired) electrons. The van der Waals surface area contributed by atoms with Crippen LogP contribution in [0.1, 0.15) is 25.6 Å². The van der Waals surface area contributed by atoms with Gasteiger partial charge in [-0.05, 0) is 26.0 Å². The van der Waals surface area contributed by atoms with E-state index in [1.807, 2.05) is 13.8 Å². The summed E-state index contributed by atoms with van der Waals surface area (Å²) in [6.07, 6.45) is 1.08. The van der Waals surface area contributed by atoms with Crippen molar-refractivity contribution in [2.24, 2.45) is 0 Å². The van der Waals surface area contributed by atoms with Gasteiger partial charge in [0.2, 0.25) is 0 Å². The highest BCUT2D eigenvalue weighted by molar-refractivity contribution is 5.30. The summed E-state index contributed by atoms with van der Waals surface area (Å²) >= 11 is 0. The van der Waals surface area contributed by atoms with Gasteiger partial charge >= 0.3 is 0 Å². The third-order valence-electron chi connectivity index (χ3n) is 1.59. The molecule has 0 aromatic carbocycles. The third kappa shape index (κ3) is 2.87. The van der Waals surface area contributed by atoms with Crippen LogP contribution in [-0.2, 0) is 0 Å². The second-order valence-electron chi connectivity index (χ2n) is 3.18. The zero-order chi connectivity index (χ0) is 9.84. The Kier molecular flexibility index (Phi) is 3.03. The number of hydrogen-bond donors (Lipinski definition) is 2. The van der Waals surface area contributed by atoms with E-state index in [2.05, 4.69) is 4.98 Å². The van der Waals surface area contributed by atoms with Crippen LogP contribution in [-0.4, -0.2) is 10.1 Å². The van der Waals surface area contributed by atoms with Gasteiger partial charge in [-0.15, -0.1) is 0 Å². The second kappa shape index (κ2) is 4.05. The number of rotatable bonds is 2. The second-order valence-corrected chi connectivity index (χ2v) is 3.18. The summed E-state index contributed by atoms with van der Waals surface area (Å²) in [5.41, 5.74) is 7.12. The summed E-state index contributed by atoms with van der Waals surface area (Å²) in [5.74, 6) is 0.429. The van der Waals surface area contributed by atoms with Gasteiger partial charge in [-0.25, -0.2) is 4.98 Å². The van der Waals surface area contributed by atoms with Crippen molar-refractivity contribution in [3.63, 3.8) is 0 Å². The number of aromatic nitrogens is 1. The first kappa shape index (κ1) is 9.74. The molecule has 0 saturated heterocycles.